The number of nitrogens with one attached hydrogen (secondary N) is 2. The van der Waals surface area contributed by atoms with Gasteiger partial charge < -0.3 is 24.1 Å². The second kappa shape index (κ2) is 8.49. The standard InChI is InChI=1S/C18H21N5O4.ClH/c1-24-14-6-11(7-15(25-2)16(14)26-3)17-20-18(27-23-17)13-8-12(21-22-13)10-4-5-19-9-10;/h6-8,10,19H,4-5,9H2,1-3H3,(H,21,22);1H. The van der Waals surface area contributed by atoms with Gasteiger partial charge in [0.25, 0.3) is 5.89 Å². The van der Waals surface area contributed by atoms with Gasteiger partial charge in [-0.2, -0.15) is 10.1 Å². The van der Waals surface area contributed by atoms with Crippen molar-refractivity contribution in [3.8, 4) is 40.2 Å². The molecule has 1 aliphatic rings. The zero-order valence-electron chi connectivity index (χ0n) is 15.8. The number of nitrogens with zero attached hydrogens (tertiary/aromatic N) is 3. The average Bonchev–Trinajstić information content (AvgIpc) is 3.46. The number of benzene rings is 1. The minimum absolute atomic E-state index is 0. The summed E-state index contributed by atoms with van der Waals surface area (Å²) >= 11 is 0. The molecule has 28 heavy (non-hydrogen) atoms. The Morgan fingerprint density at radius 3 is 2.43 bits per heavy atom. The number of aromatic nitrogens is 4. The predicted molar refractivity (Wildman–Crippen MR) is 104 cm³/mol. The number of hydrogen-bond donors (Lipinski definition) is 2. The lowest BCUT2D eigenvalue weighted by Gasteiger charge is -2.12. The molecular formula is C18H22ClN5O4. The largest absolute Gasteiger partial charge is 0.493 e. The molecule has 1 fully saturated rings. The zero-order chi connectivity index (χ0) is 18.8. The first-order chi connectivity index (χ1) is 13.2. The summed E-state index contributed by atoms with van der Waals surface area (Å²) in [7, 11) is 4.68. The van der Waals surface area contributed by atoms with E-state index < -0.39 is 0 Å². The van der Waals surface area contributed by atoms with Crippen molar-refractivity contribution in [2.75, 3.05) is 34.4 Å². The molecule has 0 spiro atoms. The van der Waals surface area contributed by atoms with E-state index in [9.17, 15) is 0 Å². The summed E-state index contributed by atoms with van der Waals surface area (Å²) in [5.41, 5.74) is 2.39. The topological polar surface area (TPSA) is 107 Å². The summed E-state index contributed by atoms with van der Waals surface area (Å²) in [5, 5.41) is 14.8. The third kappa shape index (κ3) is 3.63. The van der Waals surface area contributed by atoms with E-state index in [1.807, 2.05) is 6.07 Å². The van der Waals surface area contributed by atoms with Crippen molar-refractivity contribution in [1.29, 1.82) is 0 Å². The first-order valence-electron chi connectivity index (χ1n) is 8.64. The number of methoxy groups -OCH3 is 3. The quantitative estimate of drug-likeness (QED) is 0.642. The van der Waals surface area contributed by atoms with Crippen molar-refractivity contribution in [3.05, 3.63) is 23.9 Å². The molecule has 10 heteroatoms. The van der Waals surface area contributed by atoms with Gasteiger partial charge in [0.1, 0.15) is 0 Å². The Morgan fingerprint density at radius 1 is 1.07 bits per heavy atom. The summed E-state index contributed by atoms with van der Waals surface area (Å²) in [6.45, 7) is 1.97. The first-order valence-corrected chi connectivity index (χ1v) is 8.64. The van der Waals surface area contributed by atoms with Crippen molar-refractivity contribution in [2.45, 2.75) is 12.3 Å². The Labute approximate surface area is 168 Å². The first kappa shape index (κ1) is 20.0. The van der Waals surface area contributed by atoms with Crippen LogP contribution in [0, 0.1) is 0 Å². The molecule has 1 saturated heterocycles. The van der Waals surface area contributed by atoms with Crippen molar-refractivity contribution >= 4 is 12.4 Å². The van der Waals surface area contributed by atoms with Crippen LogP contribution in [-0.2, 0) is 0 Å². The molecule has 4 rings (SSSR count). The number of hydrogen-bond acceptors (Lipinski definition) is 8. The third-order valence-corrected chi connectivity index (χ3v) is 4.67. The Bertz CT molecular complexity index is 911. The van der Waals surface area contributed by atoms with Gasteiger partial charge in [0.05, 0.1) is 21.3 Å². The van der Waals surface area contributed by atoms with Crippen molar-refractivity contribution in [2.24, 2.45) is 0 Å². The fourth-order valence-electron chi connectivity index (χ4n) is 3.23. The lowest BCUT2D eigenvalue weighted by atomic mass is 10.1. The van der Waals surface area contributed by atoms with Gasteiger partial charge in [-0.15, -0.1) is 12.4 Å². The molecule has 1 aliphatic heterocycles. The molecule has 150 valence electrons. The van der Waals surface area contributed by atoms with Gasteiger partial charge in [-0.05, 0) is 31.2 Å². The molecule has 0 aliphatic carbocycles. The monoisotopic (exact) mass is 407 g/mol. The van der Waals surface area contributed by atoms with Gasteiger partial charge in [0.15, 0.2) is 17.2 Å². The molecule has 1 unspecified atom stereocenters. The van der Waals surface area contributed by atoms with E-state index in [1.54, 1.807) is 33.5 Å². The van der Waals surface area contributed by atoms with E-state index in [0.717, 1.165) is 25.2 Å². The molecule has 9 nitrogen and oxygen atoms in total. The number of rotatable bonds is 6. The van der Waals surface area contributed by atoms with Gasteiger partial charge in [0.2, 0.25) is 11.6 Å². The van der Waals surface area contributed by atoms with E-state index >= 15 is 0 Å². The molecule has 0 bridgehead atoms. The molecule has 1 aromatic carbocycles. The van der Waals surface area contributed by atoms with Crippen LogP contribution in [0.4, 0.5) is 0 Å². The van der Waals surface area contributed by atoms with Crippen LogP contribution in [0.5, 0.6) is 17.2 Å². The van der Waals surface area contributed by atoms with Crippen molar-refractivity contribution < 1.29 is 18.7 Å². The third-order valence-electron chi connectivity index (χ3n) is 4.67. The Balaban J connectivity index is 0.00000225. The molecule has 0 radical (unpaired) electrons. The highest BCUT2D eigenvalue weighted by Crippen LogP contribution is 2.40. The van der Waals surface area contributed by atoms with E-state index in [1.165, 1.54) is 0 Å². The summed E-state index contributed by atoms with van der Waals surface area (Å²) in [4.78, 5) is 4.47. The summed E-state index contributed by atoms with van der Waals surface area (Å²) in [6.07, 6.45) is 1.09. The van der Waals surface area contributed by atoms with E-state index in [4.69, 9.17) is 18.7 Å². The highest BCUT2D eigenvalue weighted by atomic mass is 35.5. The maximum atomic E-state index is 5.41. The van der Waals surface area contributed by atoms with Gasteiger partial charge in [-0.3, -0.25) is 5.10 Å². The molecule has 1 atom stereocenters. The number of aromatic amines is 1. The maximum absolute atomic E-state index is 5.41. The molecule has 3 aromatic rings. The van der Waals surface area contributed by atoms with Crippen molar-refractivity contribution in [1.82, 2.24) is 25.7 Å². The molecule has 2 aromatic heterocycles. The van der Waals surface area contributed by atoms with Crippen LogP contribution in [0.3, 0.4) is 0 Å². The van der Waals surface area contributed by atoms with Crippen LogP contribution >= 0.6 is 12.4 Å². The Hall–Kier alpha value is -2.78. The SMILES string of the molecule is COc1cc(-c2noc(-c3cc(C4CCNC4)[nH]n3)n2)cc(OC)c1OC.Cl. The predicted octanol–water partition coefficient (Wildman–Crippen LogP) is 2.65. The average molecular weight is 408 g/mol. The van der Waals surface area contributed by atoms with Gasteiger partial charge >= 0.3 is 0 Å². The summed E-state index contributed by atoms with van der Waals surface area (Å²) in [6, 6.07) is 5.51. The Morgan fingerprint density at radius 2 is 1.82 bits per heavy atom. The Kier molecular flexibility index (Phi) is 6.05. The number of ether oxygens (including phenoxy) is 3. The highest BCUT2D eigenvalue weighted by Gasteiger charge is 2.22. The molecule has 2 N–H and O–H groups in total. The maximum Gasteiger partial charge on any atom is 0.278 e. The zero-order valence-corrected chi connectivity index (χ0v) is 16.6. The molecule has 0 saturated carbocycles. The van der Waals surface area contributed by atoms with E-state index in [0.29, 0.717) is 46.1 Å². The summed E-state index contributed by atoms with van der Waals surface area (Å²) < 4.78 is 21.5. The number of halogens is 1. The second-order valence-electron chi connectivity index (χ2n) is 6.24. The van der Waals surface area contributed by atoms with E-state index in [2.05, 4.69) is 25.7 Å². The lowest BCUT2D eigenvalue weighted by molar-refractivity contribution is 0.324. The molecular weight excluding hydrogens is 386 g/mol. The molecule has 0 amide bonds. The van der Waals surface area contributed by atoms with Gasteiger partial charge in [-0.1, -0.05) is 5.16 Å². The van der Waals surface area contributed by atoms with Gasteiger partial charge in [0, 0.05) is 23.7 Å². The molecule has 3 heterocycles. The fourth-order valence-corrected chi connectivity index (χ4v) is 3.23. The van der Waals surface area contributed by atoms with Crippen LogP contribution in [0.2, 0.25) is 0 Å². The van der Waals surface area contributed by atoms with Crippen LogP contribution in [0.25, 0.3) is 23.0 Å². The van der Waals surface area contributed by atoms with Crippen molar-refractivity contribution in [3.63, 3.8) is 0 Å². The van der Waals surface area contributed by atoms with E-state index in [-0.39, 0.29) is 12.4 Å². The lowest BCUT2D eigenvalue weighted by Crippen LogP contribution is -2.08. The van der Waals surface area contributed by atoms with Crippen LogP contribution in [-0.4, -0.2) is 54.8 Å². The minimum Gasteiger partial charge on any atom is -0.493 e. The van der Waals surface area contributed by atoms with Gasteiger partial charge in [-0.25, -0.2) is 0 Å². The summed E-state index contributed by atoms with van der Waals surface area (Å²) in [5.74, 6) is 2.75. The van der Waals surface area contributed by atoms with Crippen LogP contribution < -0.4 is 19.5 Å². The number of H-pyrrole nitrogens is 1. The smallest absolute Gasteiger partial charge is 0.278 e. The van der Waals surface area contributed by atoms with Crippen LogP contribution in [0.15, 0.2) is 22.7 Å². The van der Waals surface area contributed by atoms with Crippen LogP contribution in [0.1, 0.15) is 18.0 Å². The second-order valence-corrected chi connectivity index (χ2v) is 6.24. The highest BCUT2D eigenvalue weighted by molar-refractivity contribution is 5.85. The minimum atomic E-state index is 0. The fraction of sp³-hybridized carbons (Fsp3) is 0.389. The normalized spacial score (nSPS) is 15.9.